The zero-order valence-electron chi connectivity index (χ0n) is 16.0. The zero-order valence-corrected chi connectivity index (χ0v) is 16.0. The van der Waals surface area contributed by atoms with Crippen molar-refractivity contribution in [1.29, 1.82) is 0 Å². The number of carbonyl (C=O) groups is 1. The molecule has 27 heavy (non-hydrogen) atoms. The summed E-state index contributed by atoms with van der Waals surface area (Å²) in [6.45, 7) is 2.88. The van der Waals surface area contributed by atoms with E-state index in [4.69, 9.17) is 4.74 Å². The molecule has 0 aliphatic rings. The van der Waals surface area contributed by atoms with E-state index in [-0.39, 0.29) is 5.91 Å². The highest BCUT2D eigenvalue weighted by Crippen LogP contribution is 2.33. The van der Waals surface area contributed by atoms with Gasteiger partial charge in [0, 0.05) is 18.1 Å². The largest absolute Gasteiger partial charge is 0.497 e. The Labute approximate surface area is 160 Å². The Morgan fingerprint density at radius 2 is 1.93 bits per heavy atom. The monoisotopic (exact) mass is 362 g/mol. The summed E-state index contributed by atoms with van der Waals surface area (Å²) in [4.78, 5) is 17.0. The van der Waals surface area contributed by atoms with Gasteiger partial charge < -0.3 is 10.1 Å². The SMILES string of the molecule is CCCCCNC(=O)Cc1cnc2ccc(OC)cc2c1-c1ccccc1. The fourth-order valence-corrected chi connectivity index (χ4v) is 3.26. The van der Waals surface area contributed by atoms with Gasteiger partial charge in [0.2, 0.25) is 5.91 Å². The number of amides is 1. The molecular formula is C23H26N2O2. The van der Waals surface area contributed by atoms with Gasteiger partial charge in [-0.2, -0.15) is 0 Å². The Bertz CT molecular complexity index is 907. The highest BCUT2D eigenvalue weighted by molar-refractivity contribution is 5.98. The van der Waals surface area contributed by atoms with Gasteiger partial charge in [-0.25, -0.2) is 0 Å². The molecule has 0 radical (unpaired) electrons. The molecule has 0 fully saturated rings. The van der Waals surface area contributed by atoms with Crippen LogP contribution in [-0.2, 0) is 11.2 Å². The molecule has 3 rings (SSSR count). The Morgan fingerprint density at radius 1 is 1.11 bits per heavy atom. The molecule has 1 amide bonds. The molecule has 1 aromatic heterocycles. The third kappa shape index (κ3) is 4.64. The van der Waals surface area contributed by atoms with Gasteiger partial charge in [0.15, 0.2) is 0 Å². The van der Waals surface area contributed by atoms with Crippen LogP contribution in [0.2, 0.25) is 0 Å². The Kier molecular flexibility index (Phi) is 6.42. The van der Waals surface area contributed by atoms with Crippen molar-refractivity contribution in [1.82, 2.24) is 10.3 Å². The number of carbonyl (C=O) groups excluding carboxylic acids is 1. The molecule has 140 valence electrons. The maximum atomic E-state index is 12.5. The van der Waals surface area contributed by atoms with Gasteiger partial charge in [0.05, 0.1) is 19.0 Å². The number of unbranched alkanes of at least 4 members (excludes halogenated alkanes) is 2. The molecular weight excluding hydrogens is 336 g/mol. The number of ether oxygens (including phenoxy) is 1. The van der Waals surface area contributed by atoms with Crippen LogP contribution < -0.4 is 10.1 Å². The number of aromatic nitrogens is 1. The number of benzene rings is 2. The number of methoxy groups -OCH3 is 1. The molecule has 0 atom stereocenters. The minimum absolute atomic E-state index is 0.0346. The number of pyridine rings is 1. The molecule has 0 saturated heterocycles. The van der Waals surface area contributed by atoms with Gasteiger partial charge in [-0.15, -0.1) is 0 Å². The van der Waals surface area contributed by atoms with E-state index >= 15 is 0 Å². The van der Waals surface area contributed by atoms with Crippen molar-refractivity contribution in [3.8, 4) is 16.9 Å². The molecule has 0 aliphatic heterocycles. The predicted molar refractivity (Wildman–Crippen MR) is 110 cm³/mol. The summed E-state index contributed by atoms with van der Waals surface area (Å²) in [5.41, 5.74) is 3.94. The van der Waals surface area contributed by atoms with E-state index in [1.807, 2.05) is 42.6 Å². The first-order valence-corrected chi connectivity index (χ1v) is 9.50. The average Bonchev–Trinajstić information content (AvgIpc) is 2.71. The van der Waals surface area contributed by atoms with Crippen LogP contribution in [0.15, 0.2) is 54.7 Å². The molecule has 0 unspecified atom stereocenters. The lowest BCUT2D eigenvalue weighted by molar-refractivity contribution is -0.120. The Balaban J connectivity index is 1.98. The third-order valence-electron chi connectivity index (χ3n) is 4.67. The molecule has 1 N–H and O–H groups in total. The van der Waals surface area contributed by atoms with Crippen LogP contribution in [0, 0.1) is 0 Å². The first-order chi connectivity index (χ1) is 13.2. The average molecular weight is 362 g/mol. The number of nitrogens with one attached hydrogen (secondary N) is 1. The van der Waals surface area contributed by atoms with Crippen molar-refractivity contribution in [3.63, 3.8) is 0 Å². The first kappa shape index (κ1) is 18.9. The fourth-order valence-electron chi connectivity index (χ4n) is 3.26. The van der Waals surface area contributed by atoms with Crippen LogP contribution in [0.4, 0.5) is 0 Å². The predicted octanol–water partition coefficient (Wildman–Crippen LogP) is 4.76. The number of hydrogen-bond donors (Lipinski definition) is 1. The maximum absolute atomic E-state index is 12.5. The molecule has 0 aliphatic carbocycles. The van der Waals surface area contributed by atoms with E-state index in [9.17, 15) is 4.79 Å². The second-order valence-electron chi connectivity index (χ2n) is 6.64. The molecule has 0 bridgehead atoms. The summed E-state index contributed by atoms with van der Waals surface area (Å²) in [5.74, 6) is 0.815. The molecule has 1 heterocycles. The van der Waals surface area contributed by atoms with Gasteiger partial charge in [0.1, 0.15) is 5.75 Å². The van der Waals surface area contributed by atoms with Crippen LogP contribution in [0.5, 0.6) is 5.75 Å². The summed E-state index contributed by atoms with van der Waals surface area (Å²) >= 11 is 0. The second kappa shape index (κ2) is 9.17. The van der Waals surface area contributed by atoms with Crippen LogP contribution >= 0.6 is 0 Å². The van der Waals surface area contributed by atoms with Crippen LogP contribution in [-0.4, -0.2) is 24.5 Å². The highest BCUT2D eigenvalue weighted by Gasteiger charge is 2.14. The maximum Gasteiger partial charge on any atom is 0.224 e. The van der Waals surface area contributed by atoms with Crippen LogP contribution in [0.1, 0.15) is 31.7 Å². The smallest absolute Gasteiger partial charge is 0.224 e. The van der Waals surface area contributed by atoms with Crippen molar-refractivity contribution in [2.75, 3.05) is 13.7 Å². The Hall–Kier alpha value is -2.88. The van der Waals surface area contributed by atoms with E-state index in [1.165, 1.54) is 0 Å². The lowest BCUT2D eigenvalue weighted by Crippen LogP contribution is -2.26. The molecule has 0 spiro atoms. The molecule has 3 aromatic rings. The standard InChI is InChI=1S/C23H26N2O2/c1-3-4-8-13-24-22(26)14-18-16-25-21-12-11-19(27-2)15-20(21)23(18)17-9-6-5-7-10-17/h5-7,9-12,15-16H,3-4,8,13-14H2,1-2H3,(H,24,26). The topological polar surface area (TPSA) is 51.2 Å². The van der Waals surface area contributed by atoms with Crippen molar-refractivity contribution >= 4 is 16.8 Å². The van der Waals surface area contributed by atoms with Gasteiger partial charge in [0.25, 0.3) is 0 Å². The van der Waals surface area contributed by atoms with Gasteiger partial charge in [-0.1, -0.05) is 50.1 Å². The molecule has 4 heteroatoms. The second-order valence-corrected chi connectivity index (χ2v) is 6.64. The molecule has 4 nitrogen and oxygen atoms in total. The van der Waals surface area contributed by atoms with Gasteiger partial charge >= 0.3 is 0 Å². The zero-order chi connectivity index (χ0) is 19.1. The van der Waals surface area contributed by atoms with Crippen molar-refractivity contribution < 1.29 is 9.53 Å². The summed E-state index contributed by atoms with van der Waals surface area (Å²) in [6.07, 6.45) is 5.43. The van der Waals surface area contributed by atoms with Gasteiger partial charge in [-0.3, -0.25) is 9.78 Å². The summed E-state index contributed by atoms with van der Waals surface area (Å²) < 4.78 is 5.40. The summed E-state index contributed by atoms with van der Waals surface area (Å²) in [5, 5.41) is 4.02. The van der Waals surface area contributed by atoms with E-state index in [2.05, 4.69) is 29.4 Å². The van der Waals surface area contributed by atoms with Crippen molar-refractivity contribution in [3.05, 3.63) is 60.3 Å². The minimum Gasteiger partial charge on any atom is -0.497 e. The number of fused-ring (bicyclic) bond motifs is 1. The van der Waals surface area contributed by atoms with E-state index < -0.39 is 0 Å². The molecule has 0 saturated carbocycles. The first-order valence-electron chi connectivity index (χ1n) is 9.50. The van der Waals surface area contributed by atoms with Crippen molar-refractivity contribution in [2.24, 2.45) is 0 Å². The number of hydrogen-bond acceptors (Lipinski definition) is 3. The third-order valence-corrected chi connectivity index (χ3v) is 4.67. The lowest BCUT2D eigenvalue weighted by atomic mass is 9.94. The quantitative estimate of drug-likeness (QED) is 0.588. The van der Waals surface area contributed by atoms with Crippen molar-refractivity contribution in [2.45, 2.75) is 32.6 Å². The van der Waals surface area contributed by atoms with E-state index in [0.717, 1.165) is 59.2 Å². The summed E-state index contributed by atoms with van der Waals surface area (Å²) in [7, 11) is 1.66. The Morgan fingerprint density at radius 3 is 2.67 bits per heavy atom. The van der Waals surface area contributed by atoms with Crippen LogP contribution in [0.25, 0.3) is 22.0 Å². The lowest BCUT2D eigenvalue weighted by Gasteiger charge is -2.14. The highest BCUT2D eigenvalue weighted by atomic mass is 16.5. The number of nitrogens with zero attached hydrogens (tertiary/aromatic N) is 1. The summed E-state index contributed by atoms with van der Waals surface area (Å²) in [6, 6.07) is 16.0. The molecule has 2 aromatic carbocycles. The number of rotatable bonds is 8. The minimum atomic E-state index is 0.0346. The van der Waals surface area contributed by atoms with Crippen LogP contribution in [0.3, 0.4) is 0 Å². The van der Waals surface area contributed by atoms with E-state index in [1.54, 1.807) is 7.11 Å². The van der Waals surface area contributed by atoms with Gasteiger partial charge in [-0.05, 0) is 41.3 Å². The fraction of sp³-hybridized carbons (Fsp3) is 0.304. The van der Waals surface area contributed by atoms with E-state index in [0.29, 0.717) is 6.42 Å². The normalized spacial score (nSPS) is 10.7.